The summed E-state index contributed by atoms with van der Waals surface area (Å²) >= 11 is 0. The molecule has 9 aromatic rings. The second-order valence-electron chi connectivity index (χ2n) is 23.0. The van der Waals surface area contributed by atoms with Gasteiger partial charge < -0.3 is 0 Å². The van der Waals surface area contributed by atoms with Gasteiger partial charge in [0.05, 0.1) is 0 Å². The Bertz CT molecular complexity index is 5080. The van der Waals surface area contributed by atoms with Crippen molar-refractivity contribution in [3.05, 3.63) is 123 Å². The second kappa shape index (κ2) is 26.7. The molecule has 57 radical (unpaired) electrons. The summed E-state index contributed by atoms with van der Waals surface area (Å²) in [5.74, 6) is 2.88. The summed E-state index contributed by atoms with van der Waals surface area (Å²) in [6.07, 6.45) is 10.0. The van der Waals surface area contributed by atoms with Crippen LogP contribution >= 0.6 is 0 Å². The summed E-state index contributed by atoms with van der Waals surface area (Å²) < 4.78 is 0. The van der Waals surface area contributed by atoms with Gasteiger partial charge in [0.15, 0.2) is 0 Å². The normalized spacial score (nSPS) is 13.4. The van der Waals surface area contributed by atoms with Crippen LogP contribution < -0.4 is 141 Å². The van der Waals surface area contributed by atoms with E-state index in [0.717, 1.165) is 0 Å². The van der Waals surface area contributed by atoms with Gasteiger partial charge in [0.25, 0.3) is 0 Å². The third-order valence-electron chi connectivity index (χ3n) is 17.5. The number of terminal acetylenes is 1. The van der Waals surface area contributed by atoms with Crippen molar-refractivity contribution >= 4 is 435 Å². The Morgan fingerprint density at radius 2 is 0.821 bits per heavy atom. The molecule has 31 heteroatoms. The molecule has 1 aliphatic rings. The van der Waals surface area contributed by atoms with E-state index in [1.165, 1.54) is 6.07 Å². The van der Waals surface area contributed by atoms with E-state index in [2.05, 4.69) is 5.92 Å². The van der Waals surface area contributed by atoms with Crippen molar-refractivity contribution in [2.24, 2.45) is 0 Å². The molecule has 1 aliphatic carbocycles. The van der Waals surface area contributed by atoms with Crippen molar-refractivity contribution in [1.82, 2.24) is 0 Å². The molecule has 0 spiro atoms. The number of rotatable bonds is 13. The summed E-state index contributed by atoms with van der Waals surface area (Å²) in [6, 6.07) is 16.2. The third kappa shape index (κ3) is 11.5. The van der Waals surface area contributed by atoms with Gasteiger partial charge >= 0.3 is 383 Å². The van der Waals surface area contributed by atoms with Gasteiger partial charge in [-0.1, -0.05) is 27.9 Å². The van der Waals surface area contributed by atoms with Gasteiger partial charge in [-0.05, 0) is 29.7 Å². The topological polar surface area (TPSA) is 6.48 Å². The number of hydrogen-bond acceptors (Lipinski definition) is 2. The van der Waals surface area contributed by atoms with Gasteiger partial charge in [0, 0.05) is 0 Å². The first-order valence-electron chi connectivity index (χ1n) is 28.6. The van der Waals surface area contributed by atoms with Crippen LogP contribution in [0.5, 0.6) is 0 Å². The van der Waals surface area contributed by atoms with E-state index in [1.54, 1.807) is 41.9 Å². The van der Waals surface area contributed by atoms with Crippen molar-refractivity contribution < 1.29 is 0 Å². The van der Waals surface area contributed by atoms with Crippen molar-refractivity contribution in [3.63, 3.8) is 0 Å². The molecule has 0 aliphatic heterocycles. The SMILES string of the molecule is [B]C(=[B])/C(=C([B])\C([B])=C(\[B])C)N(C1=C(c2c([B])c([B])c([B])c([B])c2[B])C=C(c2c([B])c([B])c([B])c([B])c2[B])C1)c1ccc2ccc3c(N(/C(C#C)=C(/C=C(\C)c4c([B])c([B])c([B])c([B])c4[B])c4c([B])c([B])c([B])c([B])c4[B])c4c([B])cc([B])c([B])c4[B])ccc4ccc1c2c43. The molecule has 0 saturated carbocycles. The molecule has 2 nitrogen and oxygen atoms in total. The molecule has 9 aromatic carbocycles. The van der Waals surface area contributed by atoms with Crippen molar-refractivity contribution in [2.45, 2.75) is 20.3 Å². The Balaban J connectivity index is 1.38. The molecular weight excluding hydrogens is 1110 g/mol. The fourth-order valence-electron chi connectivity index (χ4n) is 12.4. The molecule has 0 saturated heterocycles. The predicted molar refractivity (Wildman–Crippen MR) is 439 cm³/mol. The molecule has 0 bridgehead atoms. The predicted octanol–water partition coefficient (Wildman–Crippen LogP) is -15.0. The minimum absolute atomic E-state index is 0.00209. The maximum atomic E-state index is 7.15. The van der Waals surface area contributed by atoms with Crippen LogP contribution in [0.1, 0.15) is 42.5 Å². The Kier molecular flexibility index (Phi) is 20.0. The van der Waals surface area contributed by atoms with E-state index in [0.29, 0.717) is 60.5 Å². The summed E-state index contributed by atoms with van der Waals surface area (Å²) in [5, 5.41) is 3.30. The molecule has 95 heavy (non-hydrogen) atoms. The molecule has 0 N–H and O–H groups in total. The molecule has 0 heterocycles. The van der Waals surface area contributed by atoms with Crippen LogP contribution in [0, 0.1) is 12.3 Å². The molecule has 0 atom stereocenters. The quantitative estimate of drug-likeness (QED) is 0.0491. The van der Waals surface area contributed by atoms with Gasteiger partial charge in [0.2, 0.25) is 0 Å². The van der Waals surface area contributed by atoms with E-state index < -0.39 is 0 Å². The fourth-order valence-corrected chi connectivity index (χ4v) is 12.4. The Morgan fingerprint density at radius 3 is 1.24 bits per heavy atom. The molecule has 10 rings (SSSR count). The zero-order chi connectivity index (χ0) is 70.1. The minimum atomic E-state index is -0.348. The first-order chi connectivity index (χ1) is 44.5. The maximum absolute atomic E-state index is 7.15. The zero-order valence-corrected chi connectivity index (χ0v) is 51.8. The van der Waals surface area contributed by atoms with E-state index in [9.17, 15) is 0 Å². The van der Waals surface area contributed by atoms with Crippen LogP contribution in [0.25, 0.3) is 54.6 Å². The van der Waals surface area contributed by atoms with Crippen LogP contribution in [0.15, 0.2) is 100 Å². The number of anilines is 3. The number of allylic oxidation sites excluding steroid dienone is 11. The van der Waals surface area contributed by atoms with Gasteiger partial charge in [-0.15, -0.1) is 50.1 Å². The molecule has 0 fully saturated rings. The first kappa shape index (κ1) is 71.2. The Morgan fingerprint density at radius 1 is 0.432 bits per heavy atom. The molecule has 373 valence electrons. The number of hydrogen-bond donors (Lipinski definition) is 0. The Labute approximate surface area is 595 Å². The average Bonchev–Trinajstić information content (AvgIpc) is 1.63. The summed E-state index contributed by atoms with van der Waals surface area (Å²) in [7, 11) is 194. The van der Waals surface area contributed by atoms with Gasteiger partial charge in [-0.2, -0.15) is 0 Å². The molecular formula is C64H20B29N2. The average molecular weight is 1130 g/mol. The van der Waals surface area contributed by atoms with Crippen LogP contribution in [-0.2, 0) is 0 Å². The number of nitrogens with zero attached hydrogens (tertiary/aromatic N) is 2. The fraction of sp³-hybridized carbons (Fsp3) is 0.0469. The number of benzene rings is 9. The van der Waals surface area contributed by atoms with Crippen LogP contribution in [-0.4, -0.2) is 233 Å². The molecule has 0 unspecified atom stereocenters. The van der Waals surface area contributed by atoms with E-state index in [-0.39, 0.29) is 210 Å². The second-order valence-corrected chi connectivity index (χ2v) is 23.0. The summed E-state index contributed by atoms with van der Waals surface area (Å²) in [6.45, 7) is 3.19. The monoisotopic (exact) mass is 1140 g/mol. The summed E-state index contributed by atoms with van der Waals surface area (Å²) in [4.78, 5) is 3.26. The van der Waals surface area contributed by atoms with Crippen LogP contribution in [0.4, 0.5) is 17.1 Å². The van der Waals surface area contributed by atoms with Gasteiger partial charge in [-0.25, -0.2) is 0 Å². The van der Waals surface area contributed by atoms with E-state index in [1.807, 2.05) is 42.5 Å². The van der Waals surface area contributed by atoms with Crippen LogP contribution in [0.2, 0.25) is 0 Å². The molecule has 0 amide bonds. The van der Waals surface area contributed by atoms with Gasteiger partial charge in [-0.3, -0.25) is 0 Å². The molecule has 0 aromatic heterocycles. The van der Waals surface area contributed by atoms with Crippen molar-refractivity contribution in [3.8, 4) is 12.3 Å². The third-order valence-corrected chi connectivity index (χ3v) is 17.5. The van der Waals surface area contributed by atoms with Crippen LogP contribution in [0.3, 0.4) is 0 Å². The van der Waals surface area contributed by atoms with E-state index >= 15 is 0 Å². The van der Waals surface area contributed by atoms with Crippen molar-refractivity contribution in [1.29, 1.82) is 0 Å². The van der Waals surface area contributed by atoms with Crippen molar-refractivity contribution in [2.75, 3.05) is 9.80 Å². The van der Waals surface area contributed by atoms with Gasteiger partial charge in [0.1, 0.15) is 110 Å². The van der Waals surface area contributed by atoms with E-state index in [4.69, 9.17) is 234 Å². The standard InChI is InChI=1S/C64H20B29N2/c1-4-28(24(36-44(74)52(82)58(88)53(83)45(36)75)13-17(2)32-40(70)48(78)56(86)49(79)41(32)71)94(62-27(67)16-26(66)39(69)61(62)91)29-11-7-19-6-10-23-30(12-8-20-5-9-22(29)33(19)34(20)23)95(63(64(92)93)60(90)38(68)18(3)65)31-15-21(35-42(72)50(80)57(87)51(81)43(35)73)14-25(31)37-46(76)54(84)59(89)55(85)47(37)77/h1,5-14,16H,15H2,2-3H3/b17-13+,28-24-,38-18-,63-60-. The zero-order valence-electron chi connectivity index (χ0n) is 51.8. The first-order valence-corrected chi connectivity index (χ1v) is 28.6. The Hall–Kier alpha value is -6.63. The summed E-state index contributed by atoms with van der Waals surface area (Å²) in [5.41, 5.74) is 0.771.